The van der Waals surface area contributed by atoms with Gasteiger partial charge in [-0.05, 0) is 65.7 Å². The molecule has 2 nitrogen and oxygen atoms in total. The summed E-state index contributed by atoms with van der Waals surface area (Å²) in [6.07, 6.45) is 0. The van der Waals surface area contributed by atoms with Gasteiger partial charge < -0.3 is 9.47 Å². The van der Waals surface area contributed by atoms with Crippen molar-refractivity contribution in [2.75, 3.05) is 4.90 Å². The summed E-state index contributed by atoms with van der Waals surface area (Å²) in [6, 6.07) is 45.0. The van der Waals surface area contributed by atoms with E-state index in [-0.39, 0.29) is 12.6 Å². The fourth-order valence-electron chi connectivity index (χ4n) is 7.83. The summed E-state index contributed by atoms with van der Waals surface area (Å²) < 4.78 is 2.53. The molecule has 1 unspecified atom stereocenters. The molecule has 1 aliphatic carbocycles. The highest BCUT2D eigenvalue weighted by Gasteiger charge is 2.49. The molecule has 0 radical (unpaired) electrons. The second kappa shape index (κ2) is 7.89. The SMILES string of the molecule is Cc1c(C)n2c3c(cccc13)B1C3=C(c4ccccc4C3c3ccccc3)N(c3ccccc3)c3cccc-2c31. The Morgan fingerprint density at radius 1 is 0.650 bits per heavy atom. The molecule has 9 rings (SSSR count). The maximum atomic E-state index is 2.54. The van der Waals surface area contributed by atoms with Crippen LogP contribution in [0.1, 0.15) is 33.9 Å². The molecule has 188 valence electrons. The first kappa shape index (κ1) is 22.1. The van der Waals surface area contributed by atoms with Crippen molar-refractivity contribution in [2.45, 2.75) is 19.8 Å². The average molecular weight is 510 g/mol. The van der Waals surface area contributed by atoms with E-state index in [1.165, 1.54) is 78.0 Å². The maximum Gasteiger partial charge on any atom is 0.248 e. The molecule has 0 saturated carbocycles. The molecule has 3 heteroatoms. The highest BCUT2D eigenvalue weighted by Crippen LogP contribution is 2.54. The lowest BCUT2D eigenvalue weighted by Crippen LogP contribution is -2.54. The summed E-state index contributed by atoms with van der Waals surface area (Å²) in [5.74, 6) is 0.184. The lowest BCUT2D eigenvalue weighted by Gasteiger charge is -2.41. The molecule has 0 amide bonds. The van der Waals surface area contributed by atoms with E-state index in [0.29, 0.717) is 0 Å². The second-order valence-electron chi connectivity index (χ2n) is 11.3. The monoisotopic (exact) mass is 510 g/mol. The molecule has 0 bridgehead atoms. The van der Waals surface area contributed by atoms with E-state index in [1.807, 2.05) is 0 Å². The van der Waals surface area contributed by atoms with Gasteiger partial charge in [-0.2, -0.15) is 0 Å². The van der Waals surface area contributed by atoms with Crippen molar-refractivity contribution in [1.29, 1.82) is 0 Å². The summed E-state index contributed by atoms with van der Waals surface area (Å²) in [4.78, 5) is 2.54. The summed E-state index contributed by atoms with van der Waals surface area (Å²) >= 11 is 0. The number of hydrogen-bond donors (Lipinski definition) is 0. The van der Waals surface area contributed by atoms with Gasteiger partial charge in [-0.25, -0.2) is 0 Å². The van der Waals surface area contributed by atoms with Gasteiger partial charge in [-0.3, -0.25) is 0 Å². The van der Waals surface area contributed by atoms with E-state index in [4.69, 9.17) is 0 Å². The Labute approximate surface area is 234 Å². The molecule has 2 aliphatic heterocycles. The number of benzene rings is 5. The van der Waals surface area contributed by atoms with Gasteiger partial charge >= 0.3 is 0 Å². The Balaban J connectivity index is 1.48. The minimum absolute atomic E-state index is 0.170. The quantitative estimate of drug-likeness (QED) is 0.220. The molecule has 6 aromatic rings. The standard InChI is InChI=1S/C37H27BN2/c1-23-24(2)39-31-21-12-22-32-34(31)38(30-20-11-19-27(23)36(30)39)35-33(25-13-5-3-6-14-25)28-17-9-10-18-29(28)37(35)40(32)26-15-7-4-8-16-26/h3-22,33H,1-2H3. The Morgan fingerprint density at radius 2 is 1.35 bits per heavy atom. The molecule has 40 heavy (non-hydrogen) atoms. The number of aryl methyl sites for hydroxylation is 1. The topological polar surface area (TPSA) is 8.17 Å². The highest BCUT2D eigenvalue weighted by atomic mass is 15.2. The smallest absolute Gasteiger partial charge is 0.248 e. The fourth-order valence-corrected chi connectivity index (χ4v) is 7.83. The lowest BCUT2D eigenvalue weighted by molar-refractivity contribution is 1.02. The Kier molecular flexibility index (Phi) is 4.36. The third-order valence-corrected chi connectivity index (χ3v) is 9.51. The van der Waals surface area contributed by atoms with Gasteiger partial charge in [0.15, 0.2) is 0 Å². The first-order chi connectivity index (χ1) is 19.7. The first-order valence-electron chi connectivity index (χ1n) is 14.2. The second-order valence-corrected chi connectivity index (χ2v) is 11.3. The third-order valence-electron chi connectivity index (χ3n) is 9.51. The number of aromatic nitrogens is 1. The zero-order chi connectivity index (χ0) is 26.5. The van der Waals surface area contributed by atoms with Crippen LogP contribution in [0.5, 0.6) is 0 Å². The van der Waals surface area contributed by atoms with Crippen LogP contribution < -0.4 is 15.8 Å². The van der Waals surface area contributed by atoms with E-state index in [2.05, 4.69) is 145 Å². The van der Waals surface area contributed by atoms with Crippen LogP contribution in [-0.4, -0.2) is 11.3 Å². The Bertz CT molecular complexity index is 2030. The molecular weight excluding hydrogens is 483 g/mol. The fraction of sp³-hybridized carbons (Fsp3) is 0.0811. The highest BCUT2D eigenvalue weighted by molar-refractivity contribution is 6.96. The summed E-state index contributed by atoms with van der Waals surface area (Å²) in [7, 11) is 0. The van der Waals surface area contributed by atoms with Crippen molar-refractivity contribution in [3.8, 4) is 5.69 Å². The summed E-state index contributed by atoms with van der Waals surface area (Å²) in [6.45, 7) is 4.73. The molecule has 0 N–H and O–H groups in total. The molecule has 1 aromatic heterocycles. The van der Waals surface area contributed by atoms with Crippen molar-refractivity contribution in [3.63, 3.8) is 0 Å². The van der Waals surface area contributed by atoms with Crippen LogP contribution in [0.3, 0.4) is 0 Å². The number of anilines is 2. The van der Waals surface area contributed by atoms with Crippen molar-refractivity contribution >= 4 is 45.6 Å². The van der Waals surface area contributed by atoms with Gasteiger partial charge in [0, 0.05) is 50.8 Å². The predicted octanol–water partition coefficient (Wildman–Crippen LogP) is 7.42. The van der Waals surface area contributed by atoms with Crippen molar-refractivity contribution in [3.05, 3.63) is 155 Å². The third kappa shape index (κ3) is 2.65. The van der Waals surface area contributed by atoms with Crippen LogP contribution in [0.4, 0.5) is 11.4 Å². The minimum Gasteiger partial charge on any atom is -0.315 e. The summed E-state index contributed by atoms with van der Waals surface area (Å²) in [5, 5.41) is 1.37. The number of rotatable bonds is 2. The van der Waals surface area contributed by atoms with Crippen LogP contribution in [0, 0.1) is 13.8 Å². The van der Waals surface area contributed by atoms with E-state index >= 15 is 0 Å². The Hall–Kier alpha value is -4.76. The predicted molar refractivity (Wildman–Crippen MR) is 168 cm³/mol. The van der Waals surface area contributed by atoms with Gasteiger partial charge in [-0.15, -0.1) is 0 Å². The van der Waals surface area contributed by atoms with Crippen LogP contribution >= 0.6 is 0 Å². The number of nitrogens with zero attached hydrogens (tertiary/aromatic N) is 2. The molecule has 5 aromatic carbocycles. The molecule has 0 fully saturated rings. The first-order valence-corrected chi connectivity index (χ1v) is 14.2. The molecular formula is C37H27BN2. The van der Waals surface area contributed by atoms with Crippen molar-refractivity contribution in [1.82, 2.24) is 4.57 Å². The van der Waals surface area contributed by atoms with Gasteiger partial charge in [0.05, 0.1) is 0 Å². The molecule has 0 saturated heterocycles. The average Bonchev–Trinajstić information content (AvgIpc) is 3.48. The molecule has 1 atom stereocenters. The lowest BCUT2D eigenvalue weighted by atomic mass is 9.32. The normalized spacial score (nSPS) is 16.3. The number of fused-ring (bicyclic) bond motifs is 5. The summed E-state index contributed by atoms with van der Waals surface area (Å²) in [5.41, 5.74) is 17.6. The maximum absolute atomic E-state index is 2.54. The number of para-hydroxylation sites is 2. The molecule has 3 heterocycles. The van der Waals surface area contributed by atoms with E-state index in [9.17, 15) is 0 Å². The number of allylic oxidation sites excluding steroid dienone is 1. The molecule has 3 aliphatic rings. The molecule has 0 spiro atoms. The largest absolute Gasteiger partial charge is 0.315 e. The van der Waals surface area contributed by atoms with Gasteiger partial charge in [0.25, 0.3) is 0 Å². The van der Waals surface area contributed by atoms with Crippen LogP contribution in [0.2, 0.25) is 0 Å². The van der Waals surface area contributed by atoms with E-state index in [1.54, 1.807) is 0 Å². The zero-order valence-corrected chi connectivity index (χ0v) is 22.6. The van der Waals surface area contributed by atoms with Crippen molar-refractivity contribution in [2.24, 2.45) is 0 Å². The number of hydrogen-bond acceptors (Lipinski definition) is 1. The zero-order valence-electron chi connectivity index (χ0n) is 22.6. The van der Waals surface area contributed by atoms with Crippen LogP contribution in [-0.2, 0) is 0 Å². The van der Waals surface area contributed by atoms with E-state index in [0.717, 1.165) is 0 Å². The van der Waals surface area contributed by atoms with Crippen molar-refractivity contribution < 1.29 is 0 Å². The minimum atomic E-state index is 0.170. The van der Waals surface area contributed by atoms with Gasteiger partial charge in [0.2, 0.25) is 6.71 Å². The van der Waals surface area contributed by atoms with Crippen LogP contribution in [0.25, 0.3) is 22.3 Å². The van der Waals surface area contributed by atoms with Gasteiger partial charge in [0.1, 0.15) is 0 Å². The van der Waals surface area contributed by atoms with Crippen LogP contribution in [0.15, 0.2) is 127 Å². The van der Waals surface area contributed by atoms with E-state index < -0.39 is 0 Å². The van der Waals surface area contributed by atoms with Gasteiger partial charge in [-0.1, -0.05) is 103 Å². The Morgan fingerprint density at radius 3 is 2.17 bits per heavy atom.